The zero-order valence-electron chi connectivity index (χ0n) is 12.5. The summed E-state index contributed by atoms with van der Waals surface area (Å²) in [6, 6.07) is 0. The molecule has 1 aliphatic heterocycles. The Morgan fingerprint density at radius 3 is 2.95 bits per heavy atom. The molecule has 0 radical (unpaired) electrons. The van der Waals surface area contributed by atoms with Crippen molar-refractivity contribution in [1.82, 2.24) is 5.32 Å². The van der Waals surface area contributed by atoms with Crippen LogP contribution in [0, 0.1) is 29.6 Å². The first-order valence-corrected chi connectivity index (χ1v) is 8.63. The van der Waals surface area contributed by atoms with Crippen molar-refractivity contribution in [2.75, 3.05) is 0 Å². The van der Waals surface area contributed by atoms with E-state index in [1.54, 1.807) is 17.0 Å². The third-order valence-corrected chi connectivity index (χ3v) is 6.29. The first kappa shape index (κ1) is 12.1. The van der Waals surface area contributed by atoms with E-state index in [1.165, 1.54) is 32.1 Å². The summed E-state index contributed by atoms with van der Waals surface area (Å²) in [7, 11) is 0. The lowest BCUT2D eigenvalue weighted by Crippen LogP contribution is -2.33. The fourth-order valence-corrected chi connectivity index (χ4v) is 5.36. The van der Waals surface area contributed by atoms with Gasteiger partial charge in [-0.05, 0) is 55.4 Å². The van der Waals surface area contributed by atoms with E-state index in [0.29, 0.717) is 11.8 Å². The summed E-state index contributed by atoms with van der Waals surface area (Å²) in [4.78, 5) is 0. The first-order chi connectivity index (χ1) is 10.4. The van der Waals surface area contributed by atoms with E-state index >= 15 is 0 Å². The molecule has 1 nitrogen and oxygen atoms in total. The Bertz CT molecular complexity index is 616. The SMILES string of the molecule is C1=CC2CCC3=C(C2C=C1)C1C(=CCC2C=CCCC21)N3. The minimum absolute atomic E-state index is 0.659. The van der Waals surface area contributed by atoms with Crippen LogP contribution in [0.1, 0.15) is 32.1 Å². The maximum Gasteiger partial charge on any atom is 0.0257 e. The van der Waals surface area contributed by atoms with E-state index in [4.69, 9.17) is 0 Å². The van der Waals surface area contributed by atoms with Crippen molar-refractivity contribution in [1.29, 1.82) is 0 Å². The molecule has 21 heavy (non-hydrogen) atoms. The van der Waals surface area contributed by atoms with Gasteiger partial charge in [0, 0.05) is 23.2 Å². The first-order valence-electron chi connectivity index (χ1n) is 8.63. The second-order valence-corrected chi connectivity index (χ2v) is 7.26. The topological polar surface area (TPSA) is 12.0 Å². The zero-order chi connectivity index (χ0) is 13.8. The molecule has 0 fully saturated rings. The predicted octanol–water partition coefficient (Wildman–Crippen LogP) is 4.48. The number of rotatable bonds is 0. The molecule has 0 saturated heterocycles. The minimum Gasteiger partial charge on any atom is -0.362 e. The van der Waals surface area contributed by atoms with E-state index in [0.717, 1.165) is 17.8 Å². The van der Waals surface area contributed by atoms with Crippen molar-refractivity contribution < 1.29 is 0 Å². The number of hydrogen-bond acceptors (Lipinski definition) is 1. The van der Waals surface area contributed by atoms with Gasteiger partial charge in [0.25, 0.3) is 0 Å². The van der Waals surface area contributed by atoms with E-state index in [1.807, 2.05) is 0 Å². The van der Waals surface area contributed by atoms with Gasteiger partial charge in [0.2, 0.25) is 0 Å². The minimum atomic E-state index is 0.659. The van der Waals surface area contributed by atoms with Crippen molar-refractivity contribution in [3.8, 4) is 0 Å². The molecule has 5 aliphatic rings. The summed E-state index contributed by atoms with van der Waals surface area (Å²) >= 11 is 0. The molecular weight excluding hydrogens is 254 g/mol. The highest BCUT2D eigenvalue weighted by Crippen LogP contribution is 2.53. The van der Waals surface area contributed by atoms with Crippen LogP contribution in [0.5, 0.6) is 0 Å². The molecule has 0 bridgehead atoms. The largest absolute Gasteiger partial charge is 0.362 e. The van der Waals surface area contributed by atoms with Crippen molar-refractivity contribution in [3.63, 3.8) is 0 Å². The quantitative estimate of drug-likeness (QED) is 0.644. The average molecular weight is 277 g/mol. The van der Waals surface area contributed by atoms with Gasteiger partial charge in [-0.2, -0.15) is 0 Å². The monoisotopic (exact) mass is 277 g/mol. The Kier molecular flexibility index (Phi) is 2.59. The van der Waals surface area contributed by atoms with Crippen LogP contribution in [0.2, 0.25) is 0 Å². The summed E-state index contributed by atoms with van der Waals surface area (Å²) in [6.07, 6.45) is 23.3. The zero-order valence-corrected chi connectivity index (χ0v) is 12.5. The molecule has 1 N–H and O–H groups in total. The molecule has 5 atom stereocenters. The van der Waals surface area contributed by atoms with Crippen molar-refractivity contribution in [2.24, 2.45) is 29.6 Å². The van der Waals surface area contributed by atoms with E-state index < -0.39 is 0 Å². The summed E-state index contributed by atoms with van der Waals surface area (Å²) in [5, 5.41) is 3.82. The highest BCUT2D eigenvalue weighted by Gasteiger charge is 2.46. The standard InChI is InChI=1S/C20H23N/c1-3-7-15-13(5-1)9-11-17-19(15)20-16-8-4-2-6-14(16)10-12-18(20)21-17/h1-3,5-7,12-16,20-21H,4,8-11H2. The lowest BCUT2D eigenvalue weighted by molar-refractivity contribution is 0.262. The maximum absolute atomic E-state index is 3.82. The van der Waals surface area contributed by atoms with Crippen LogP contribution >= 0.6 is 0 Å². The van der Waals surface area contributed by atoms with Crippen LogP contribution in [0.25, 0.3) is 0 Å². The summed E-state index contributed by atoms with van der Waals surface area (Å²) in [6.45, 7) is 0. The maximum atomic E-state index is 3.82. The van der Waals surface area contributed by atoms with E-state index in [-0.39, 0.29) is 0 Å². The fourth-order valence-electron chi connectivity index (χ4n) is 5.36. The van der Waals surface area contributed by atoms with Gasteiger partial charge in [0.15, 0.2) is 0 Å². The molecule has 0 saturated carbocycles. The third kappa shape index (κ3) is 1.70. The lowest BCUT2D eigenvalue weighted by Gasteiger charge is -2.40. The Morgan fingerprint density at radius 1 is 1.00 bits per heavy atom. The van der Waals surface area contributed by atoms with Crippen LogP contribution in [-0.2, 0) is 0 Å². The van der Waals surface area contributed by atoms with Gasteiger partial charge in [0.05, 0.1) is 0 Å². The third-order valence-electron chi connectivity index (χ3n) is 6.29. The molecule has 1 heterocycles. The number of hydrogen-bond donors (Lipinski definition) is 1. The van der Waals surface area contributed by atoms with Gasteiger partial charge in [0.1, 0.15) is 0 Å². The molecule has 0 aromatic rings. The normalized spacial score (nSPS) is 42.7. The molecule has 5 unspecified atom stereocenters. The van der Waals surface area contributed by atoms with Gasteiger partial charge in [-0.3, -0.25) is 0 Å². The Labute approximate surface area is 127 Å². The van der Waals surface area contributed by atoms with Gasteiger partial charge < -0.3 is 5.32 Å². The molecule has 5 rings (SSSR count). The van der Waals surface area contributed by atoms with Crippen LogP contribution in [0.4, 0.5) is 0 Å². The van der Waals surface area contributed by atoms with Crippen molar-refractivity contribution >= 4 is 0 Å². The highest BCUT2D eigenvalue weighted by atomic mass is 15.0. The molecule has 108 valence electrons. The Balaban J connectivity index is 1.58. The Morgan fingerprint density at radius 2 is 1.95 bits per heavy atom. The van der Waals surface area contributed by atoms with Gasteiger partial charge >= 0.3 is 0 Å². The van der Waals surface area contributed by atoms with E-state index in [2.05, 4.69) is 47.8 Å². The van der Waals surface area contributed by atoms with Gasteiger partial charge in [-0.15, -0.1) is 0 Å². The molecular formula is C20H23N. The van der Waals surface area contributed by atoms with Crippen molar-refractivity contribution in [2.45, 2.75) is 32.1 Å². The van der Waals surface area contributed by atoms with Crippen LogP contribution < -0.4 is 5.32 Å². The highest BCUT2D eigenvalue weighted by molar-refractivity contribution is 5.44. The second-order valence-electron chi connectivity index (χ2n) is 7.26. The van der Waals surface area contributed by atoms with Crippen molar-refractivity contribution in [3.05, 3.63) is 59.5 Å². The molecule has 1 heteroatoms. The average Bonchev–Trinajstić information content (AvgIpc) is 2.94. The van der Waals surface area contributed by atoms with Crippen LogP contribution in [0.3, 0.4) is 0 Å². The summed E-state index contributed by atoms with van der Waals surface area (Å²) < 4.78 is 0. The molecule has 4 aliphatic carbocycles. The van der Waals surface area contributed by atoms with Crippen LogP contribution in [0.15, 0.2) is 59.5 Å². The van der Waals surface area contributed by atoms with Gasteiger partial charge in [-0.25, -0.2) is 0 Å². The number of nitrogens with one attached hydrogen (secondary N) is 1. The van der Waals surface area contributed by atoms with Crippen LogP contribution in [-0.4, -0.2) is 0 Å². The Hall–Kier alpha value is -1.50. The second kappa shape index (κ2) is 4.50. The van der Waals surface area contributed by atoms with E-state index in [9.17, 15) is 0 Å². The fraction of sp³-hybridized carbons (Fsp3) is 0.500. The number of fused-ring (bicyclic) bond motifs is 6. The summed E-state index contributed by atoms with van der Waals surface area (Å²) in [5.74, 6) is 3.71. The molecule has 0 aromatic carbocycles. The van der Waals surface area contributed by atoms with Gasteiger partial charge in [-0.1, -0.05) is 42.5 Å². The molecule has 0 aromatic heterocycles. The molecule has 0 amide bonds. The lowest BCUT2D eigenvalue weighted by atomic mass is 9.63. The number of allylic oxidation sites excluding steroid dienone is 9. The summed E-state index contributed by atoms with van der Waals surface area (Å²) in [5.41, 5.74) is 4.87. The smallest absolute Gasteiger partial charge is 0.0257 e. The predicted molar refractivity (Wildman–Crippen MR) is 86.2 cm³/mol. The molecule has 0 spiro atoms.